The number of hydrogen-bond donors (Lipinski definition) is 1. The molecule has 0 aromatic heterocycles. The molecular weight excluding hydrogens is 208 g/mol. The lowest BCUT2D eigenvalue weighted by atomic mass is 10.00. The van der Waals surface area contributed by atoms with Crippen molar-refractivity contribution in [2.75, 3.05) is 0 Å². The Morgan fingerprint density at radius 3 is 1.53 bits per heavy atom. The van der Waals surface area contributed by atoms with Crippen LogP contribution in [0.4, 0.5) is 0 Å². The quantitative estimate of drug-likeness (QED) is 0.460. The van der Waals surface area contributed by atoms with Gasteiger partial charge in [-0.2, -0.15) is 0 Å². The fourth-order valence-electron chi connectivity index (χ4n) is 2.17. The molecule has 104 valence electrons. The smallest absolute Gasteiger partial charge is 0.0563 e. The normalized spacial score (nSPS) is 13.2. The standard InChI is InChI=1S/C16H34O/c1-4-5-6-7-8-9-10-11-12-13-14-16(17)15(2)3/h15-17H,4-14H2,1-3H3. The Morgan fingerprint density at radius 2 is 1.12 bits per heavy atom. The highest BCUT2D eigenvalue weighted by atomic mass is 16.3. The predicted octanol–water partition coefficient (Wildman–Crippen LogP) is 5.31. The van der Waals surface area contributed by atoms with Crippen molar-refractivity contribution in [2.24, 2.45) is 5.92 Å². The van der Waals surface area contributed by atoms with E-state index in [-0.39, 0.29) is 6.10 Å². The van der Waals surface area contributed by atoms with Crippen molar-refractivity contribution in [1.29, 1.82) is 0 Å². The molecule has 0 rings (SSSR count). The summed E-state index contributed by atoms with van der Waals surface area (Å²) in [6.45, 7) is 6.47. The maximum absolute atomic E-state index is 9.65. The molecule has 0 saturated carbocycles. The summed E-state index contributed by atoms with van der Waals surface area (Å²) in [4.78, 5) is 0. The Kier molecular flexibility index (Phi) is 12.4. The van der Waals surface area contributed by atoms with Gasteiger partial charge in [-0.05, 0) is 12.3 Å². The second kappa shape index (κ2) is 12.4. The van der Waals surface area contributed by atoms with E-state index in [0.29, 0.717) is 5.92 Å². The number of rotatable bonds is 12. The average molecular weight is 242 g/mol. The second-order valence-corrected chi connectivity index (χ2v) is 5.78. The topological polar surface area (TPSA) is 20.2 Å². The molecule has 0 aromatic rings. The maximum Gasteiger partial charge on any atom is 0.0563 e. The summed E-state index contributed by atoms with van der Waals surface area (Å²) in [5, 5.41) is 9.65. The van der Waals surface area contributed by atoms with Gasteiger partial charge in [-0.1, -0.05) is 85.0 Å². The first-order valence-corrected chi connectivity index (χ1v) is 7.86. The SMILES string of the molecule is CCCCCCCCCCCCC(O)C(C)C. The van der Waals surface area contributed by atoms with Gasteiger partial charge in [0.1, 0.15) is 0 Å². The van der Waals surface area contributed by atoms with E-state index >= 15 is 0 Å². The number of aliphatic hydroxyl groups excluding tert-OH is 1. The van der Waals surface area contributed by atoms with Crippen molar-refractivity contribution in [1.82, 2.24) is 0 Å². The molecule has 0 bridgehead atoms. The van der Waals surface area contributed by atoms with Crippen molar-refractivity contribution in [3.8, 4) is 0 Å². The summed E-state index contributed by atoms with van der Waals surface area (Å²) >= 11 is 0. The monoisotopic (exact) mass is 242 g/mol. The molecule has 1 nitrogen and oxygen atoms in total. The first-order chi connectivity index (χ1) is 8.18. The zero-order valence-corrected chi connectivity index (χ0v) is 12.4. The first-order valence-electron chi connectivity index (χ1n) is 7.86. The first kappa shape index (κ1) is 17.0. The molecule has 0 aliphatic heterocycles. The van der Waals surface area contributed by atoms with Gasteiger partial charge in [0.15, 0.2) is 0 Å². The van der Waals surface area contributed by atoms with Crippen molar-refractivity contribution < 1.29 is 5.11 Å². The average Bonchev–Trinajstić information content (AvgIpc) is 2.31. The lowest BCUT2D eigenvalue weighted by molar-refractivity contribution is 0.113. The third-order valence-corrected chi connectivity index (χ3v) is 3.62. The molecule has 0 heterocycles. The molecule has 17 heavy (non-hydrogen) atoms. The van der Waals surface area contributed by atoms with E-state index in [1.54, 1.807) is 0 Å². The van der Waals surface area contributed by atoms with Gasteiger partial charge in [-0.25, -0.2) is 0 Å². The predicted molar refractivity (Wildman–Crippen MR) is 77.3 cm³/mol. The van der Waals surface area contributed by atoms with Gasteiger partial charge in [0.2, 0.25) is 0 Å². The van der Waals surface area contributed by atoms with E-state index in [1.165, 1.54) is 64.2 Å². The van der Waals surface area contributed by atoms with E-state index < -0.39 is 0 Å². The Bertz CT molecular complexity index is 142. The largest absolute Gasteiger partial charge is 0.393 e. The highest BCUT2D eigenvalue weighted by Crippen LogP contribution is 2.14. The summed E-state index contributed by atoms with van der Waals surface area (Å²) < 4.78 is 0. The summed E-state index contributed by atoms with van der Waals surface area (Å²) in [6.07, 6.45) is 14.6. The van der Waals surface area contributed by atoms with Gasteiger partial charge < -0.3 is 5.11 Å². The summed E-state index contributed by atoms with van der Waals surface area (Å²) in [6, 6.07) is 0. The van der Waals surface area contributed by atoms with Crippen LogP contribution in [0.3, 0.4) is 0 Å². The molecule has 0 fully saturated rings. The molecule has 1 atom stereocenters. The minimum atomic E-state index is -0.0796. The molecule has 0 aliphatic rings. The summed E-state index contributed by atoms with van der Waals surface area (Å²) in [5.41, 5.74) is 0. The fraction of sp³-hybridized carbons (Fsp3) is 1.00. The van der Waals surface area contributed by atoms with Gasteiger partial charge in [-0.15, -0.1) is 0 Å². The Morgan fingerprint density at radius 1 is 0.706 bits per heavy atom. The van der Waals surface area contributed by atoms with Gasteiger partial charge in [0, 0.05) is 0 Å². The van der Waals surface area contributed by atoms with Crippen LogP contribution in [0.25, 0.3) is 0 Å². The molecule has 1 heteroatoms. The van der Waals surface area contributed by atoms with Crippen molar-refractivity contribution in [3.63, 3.8) is 0 Å². The van der Waals surface area contributed by atoms with Gasteiger partial charge in [0.25, 0.3) is 0 Å². The van der Waals surface area contributed by atoms with E-state index in [0.717, 1.165) is 6.42 Å². The van der Waals surface area contributed by atoms with Crippen molar-refractivity contribution in [2.45, 2.75) is 97.5 Å². The number of hydrogen-bond acceptors (Lipinski definition) is 1. The molecule has 1 unspecified atom stereocenters. The van der Waals surface area contributed by atoms with Crippen LogP contribution in [-0.4, -0.2) is 11.2 Å². The fourth-order valence-corrected chi connectivity index (χ4v) is 2.17. The van der Waals surface area contributed by atoms with Crippen LogP contribution < -0.4 is 0 Å². The van der Waals surface area contributed by atoms with Crippen LogP contribution in [0.15, 0.2) is 0 Å². The second-order valence-electron chi connectivity index (χ2n) is 5.78. The van der Waals surface area contributed by atoms with Gasteiger partial charge in [0.05, 0.1) is 6.10 Å². The number of unbranched alkanes of at least 4 members (excludes halogenated alkanes) is 9. The molecule has 0 aromatic carbocycles. The third kappa shape index (κ3) is 12.2. The van der Waals surface area contributed by atoms with Crippen LogP contribution in [0.1, 0.15) is 91.4 Å². The Labute approximate surface area is 109 Å². The van der Waals surface area contributed by atoms with Crippen LogP contribution in [-0.2, 0) is 0 Å². The van der Waals surface area contributed by atoms with Crippen LogP contribution in [0, 0.1) is 5.92 Å². The molecule has 0 aliphatic carbocycles. The molecule has 0 saturated heterocycles. The molecule has 0 radical (unpaired) electrons. The van der Waals surface area contributed by atoms with Crippen molar-refractivity contribution >= 4 is 0 Å². The molecule has 1 N–H and O–H groups in total. The highest BCUT2D eigenvalue weighted by molar-refractivity contribution is 4.59. The van der Waals surface area contributed by atoms with E-state index in [1.807, 2.05) is 0 Å². The van der Waals surface area contributed by atoms with E-state index in [4.69, 9.17) is 0 Å². The lowest BCUT2D eigenvalue weighted by Crippen LogP contribution is -2.13. The van der Waals surface area contributed by atoms with Crippen molar-refractivity contribution in [3.05, 3.63) is 0 Å². The van der Waals surface area contributed by atoms with Crippen LogP contribution in [0.2, 0.25) is 0 Å². The number of aliphatic hydroxyl groups is 1. The van der Waals surface area contributed by atoms with Crippen LogP contribution >= 0.6 is 0 Å². The summed E-state index contributed by atoms with van der Waals surface area (Å²) in [5.74, 6) is 0.425. The summed E-state index contributed by atoms with van der Waals surface area (Å²) in [7, 11) is 0. The minimum Gasteiger partial charge on any atom is -0.393 e. The minimum absolute atomic E-state index is 0.0796. The van der Waals surface area contributed by atoms with E-state index in [9.17, 15) is 5.11 Å². The van der Waals surface area contributed by atoms with Gasteiger partial charge >= 0.3 is 0 Å². The zero-order chi connectivity index (χ0) is 12.9. The molecule has 0 spiro atoms. The lowest BCUT2D eigenvalue weighted by Gasteiger charge is -2.13. The van der Waals surface area contributed by atoms with Crippen LogP contribution in [0.5, 0.6) is 0 Å². The zero-order valence-electron chi connectivity index (χ0n) is 12.4. The molecule has 0 amide bonds. The Balaban J connectivity index is 3.03. The van der Waals surface area contributed by atoms with E-state index in [2.05, 4.69) is 20.8 Å². The molecular formula is C16H34O. The highest BCUT2D eigenvalue weighted by Gasteiger charge is 2.07. The van der Waals surface area contributed by atoms with Gasteiger partial charge in [-0.3, -0.25) is 0 Å². The Hall–Kier alpha value is -0.0400. The third-order valence-electron chi connectivity index (χ3n) is 3.62. The maximum atomic E-state index is 9.65.